The van der Waals surface area contributed by atoms with Crippen molar-refractivity contribution in [1.82, 2.24) is 10.7 Å². The number of nitrogens with one attached hydrogen (secondary N) is 2. The summed E-state index contributed by atoms with van der Waals surface area (Å²) in [5, 5.41) is 6.06. The maximum Gasteiger partial charge on any atom is 0.417 e. The molecule has 0 aliphatic carbocycles. The molecule has 2 aliphatic rings. The summed E-state index contributed by atoms with van der Waals surface area (Å²) in [6, 6.07) is 1.80. The first-order chi connectivity index (χ1) is 14.9. The minimum atomic E-state index is -4.88. The van der Waals surface area contributed by atoms with Gasteiger partial charge in [0.25, 0.3) is 5.91 Å². The van der Waals surface area contributed by atoms with Crippen LogP contribution in [0, 0.1) is 17.6 Å². The van der Waals surface area contributed by atoms with E-state index in [0.29, 0.717) is 0 Å². The molecular formula is C20H20F5N3O4. The van der Waals surface area contributed by atoms with E-state index in [0.717, 1.165) is 32.2 Å². The van der Waals surface area contributed by atoms with Crippen molar-refractivity contribution >= 4 is 17.5 Å². The molecule has 0 saturated carbocycles. The molecule has 174 valence electrons. The zero-order valence-electron chi connectivity index (χ0n) is 17.2. The number of ether oxygens (including phenoxy) is 2. The first-order valence-corrected chi connectivity index (χ1v) is 9.49. The number of ketones is 1. The van der Waals surface area contributed by atoms with Gasteiger partial charge >= 0.3 is 6.18 Å². The molecule has 0 unspecified atom stereocenters. The van der Waals surface area contributed by atoms with Gasteiger partial charge in [-0.3, -0.25) is 9.59 Å². The summed E-state index contributed by atoms with van der Waals surface area (Å²) in [5.41, 5.74) is -0.531. The van der Waals surface area contributed by atoms with Crippen LogP contribution >= 0.6 is 0 Å². The second kappa shape index (κ2) is 8.49. The van der Waals surface area contributed by atoms with Gasteiger partial charge in [-0.25, -0.2) is 4.39 Å². The number of carbonyl (C=O) groups excluding carboxylic acids is 2. The number of rotatable bonds is 3. The number of hydrogen-bond acceptors (Lipinski definition) is 6. The van der Waals surface area contributed by atoms with E-state index in [2.05, 4.69) is 15.8 Å². The first kappa shape index (κ1) is 23.6. The van der Waals surface area contributed by atoms with Crippen LogP contribution in [0.2, 0.25) is 0 Å². The smallest absolute Gasteiger partial charge is 0.417 e. The summed E-state index contributed by atoms with van der Waals surface area (Å²) in [6.07, 6.45) is -4.33. The molecular weight excluding hydrogens is 441 g/mol. The Labute approximate surface area is 179 Å². The van der Waals surface area contributed by atoms with Gasteiger partial charge in [0, 0.05) is 17.4 Å². The zero-order chi connectivity index (χ0) is 23.8. The van der Waals surface area contributed by atoms with Gasteiger partial charge in [-0.2, -0.15) is 22.7 Å². The largest absolute Gasteiger partial charge is 0.493 e. The number of hydrazone groups is 1. The molecule has 2 N–H and O–H groups in total. The lowest BCUT2D eigenvalue weighted by Crippen LogP contribution is -2.47. The van der Waals surface area contributed by atoms with Crippen LogP contribution in [0.4, 0.5) is 22.0 Å². The van der Waals surface area contributed by atoms with Gasteiger partial charge in [-0.15, -0.1) is 0 Å². The normalized spacial score (nSPS) is 28.1. The van der Waals surface area contributed by atoms with Crippen molar-refractivity contribution in [2.75, 3.05) is 13.7 Å². The number of carbonyl (C=O) groups is 2. The molecule has 0 spiro atoms. The lowest BCUT2D eigenvalue weighted by molar-refractivity contribution is -0.272. The Morgan fingerprint density at radius 2 is 2.00 bits per heavy atom. The number of alkyl halides is 3. The van der Waals surface area contributed by atoms with Crippen LogP contribution < -0.4 is 15.5 Å². The molecule has 0 radical (unpaired) electrons. The number of halogens is 5. The van der Waals surface area contributed by atoms with E-state index in [4.69, 9.17) is 9.47 Å². The Bertz CT molecular complexity index is 994. The van der Waals surface area contributed by atoms with Gasteiger partial charge in [0.15, 0.2) is 28.8 Å². The molecule has 2 aliphatic heterocycles. The second-order valence-corrected chi connectivity index (χ2v) is 7.56. The lowest BCUT2D eigenvalue weighted by Gasteiger charge is -2.32. The van der Waals surface area contributed by atoms with Crippen LogP contribution in [-0.4, -0.2) is 49.1 Å². The Hall–Kier alpha value is -3.02. The van der Waals surface area contributed by atoms with Crippen molar-refractivity contribution in [2.45, 2.75) is 37.6 Å². The molecule has 32 heavy (non-hydrogen) atoms. The zero-order valence-corrected chi connectivity index (χ0v) is 17.2. The quantitative estimate of drug-likeness (QED) is 0.676. The monoisotopic (exact) mass is 461 g/mol. The van der Waals surface area contributed by atoms with E-state index in [1.54, 1.807) is 0 Å². The molecule has 4 atom stereocenters. The number of benzene rings is 1. The Morgan fingerprint density at radius 3 is 2.62 bits per heavy atom. The summed E-state index contributed by atoms with van der Waals surface area (Å²) in [6.45, 7) is 1.86. The molecule has 12 heteroatoms. The van der Waals surface area contributed by atoms with Gasteiger partial charge in [0.2, 0.25) is 5.82 Å². The third-order valence-electron chi connectivity index (χ3n) is 5.70. The first-order valence-electron chi connectivity index (χ1n) is 9.49. The average molecular weight is 461 g/mol. The average Bonchev–Trinajstić information content (AvgIpc) is 2.85. The van der Waals surface area contributed by atoms with Crippen molar-refractivity contribution < 1.29 is 41.0 Å². The minimum absolute atomic E-state index is 0.131. The van der Waals surface area contributed by atoms with E-state index in [1.165, 1.54) is 13.0 Å². The van der Waals surface area contributed by atoms with Crippen molar-refractivity contribution in [3.63, 3.8) is 0 Å². The van der Waals surface area contributed by atoms with Gasteiger partial charge in [-0.05, 0) is 25.1 Å². The summed E-state index contributed by atoms with van der Waals surface area (Å²) in [5.74, 6) is -7.48. The van der Waals surface area contributed by atoms with Crippen LogP contribution in [0.15, 0.2) is 29.4 Å². The van der Waals surface area contributed by atoms with Crippen molar-refractivity contribution in [3.8, 4) is 5.75 Å². The number of hydrogen-bond donors (Lipinski definition) is 2. The van der Waals surface area contributed by atoms with E-state index in [1.807, 2.05) is 0 Å². The van der Waals surface area contributed by atoms with E-state index < -0.39 is 53.0 Å². The predicted octanol–water partition coefficient (Wildman–Crippen LogP) is 2.57. The molecule has 1 amide bonds. The van der Waals surface area contributed by atoms with Crippen LogP contribution in [0.5, 0.6) is 5.75 Å². The van der Waals surface area contributed by atoms with Crippen LogP contribution in [0.3, 0.4) is 0 Å². The number of nitrogens with zero attached hydrogens (tertiary/aromatic N) is 1. The Kier molecular flexibility index (Phi) is 6.27. The maximum atomic E-state index is 14.3. The second-order valence-electron chi connectivity index (χ2n) is 7.56. The lowest BCUT2D eigenvalue weighted by atomic mass is 9.77. The minimum Gasteiger partial charge on any atom is -0.493 e. The van der Waals surface area contributed by atoms with Crippen LogP contribution in [0.1, 0.15) is 25.3 Å². The SMILES string of the molecule is COc1c([C@H]2[C@H](C(=O)NC3=NNCC(=O)C=C3)O[C@@](C)(C(F)(F)F)[C@H]2C)ccc(F)c1F. The fourth-order valence-corrected chi connectivity index (χ4v) is 3.78. The van der Waals surface area contributed by atoms with E-state index in [-0.39, 0.29) is 23.7 Å². The fourth-order valence-electron chi connectivity index (χ4n) is 3.78. The van der Waals surface area contributed by atoms with Crippen molar-refractivity contribution in [1.29, 1.82) is 0 Å². The summed E-state index contributed by atoms with van der Waals surface area (Å²) in [4.78, 5) is 24.4. The Balaban J connectivity index is 2.05. The molecule has 2 heterocycles. The number of methoxy groups -OCH3 is 1. The van der Waals surface area contributed by atoms with Crippen molar-refractivity contribution in [2.24, 2.45) is 11.0 Å². The van der Waals surface area contributed by atoms with Gasteiger partial charge in [-0.1, -0.05) is 13.0 Å². The predicted molar refractivity (Wildman–Crippen MR) is 102 cm³/mol. The molecule has 0 aromatic heterocycles. The van der Waals surface area contributed by atoms with Crippen LogP contribution in [0.25, 0.3) is 0 Å². The molecule has 1 fully saturated rings. The van der Waals surface area contributed by atoms with Crippen molar-refractivity contribution in [3.05, 3.63) is 41.5 Å². The Morgan fingerprint density at radius 1 is 1.31 bits per heavy atom. The number of amides is 1. The summed E-state index contributed by atoms with van der Waals surface area (Å²) >= 11 is 0. The van der Waals surface area contributed by atoms with Crippen LogP contribution in [-0.2, 0) is 14.3 Å². The molecule has 1 aromatic carbocycles. The third kappa shape index (κ3) is 4.06. The fraction of sp³-hybridized carbons (Fsp3) is 0.450. The highest BCUT2D eigenvalue weighted by molar-refractivity contribution is 6.09. The highest BCUT2D eigenvalue weighted by Gasteiger charge is 2.66. The van der Waals surface area contributed by atoms with Gasteiger partial charge in [0.05, 0.1) is 13.7 Å². The van der Waals surface area contributed by atoms with E-state index in [9.17, 15) is 31.5 Å². The molecule has 1 saturated heterocycles. The van der Waals surface area contributed by atoms with Gasteiger partial charge in [0.1, 0.15) is 6.10 Å². The number of amidine groups is 1. The molecule has 3 rings (SSSR count). The van der Waals surface area contributed by atoms with E-state index >= 15 is 0 Å². The highest BCUT2D eigenvalue weighted by Crippen LogP contribution is 2.54. The maximum absolute atomic E-state index is 14.3. The standard InChI is InChI=1S/C20H20F5N3O4/c1-9-14(11-5-6-12(21)15(22)16(11)31-3)17(32-19(9,2)20(23,24)25)18(30)27-13-7-4-10(29)8-26-28-13/h4-7,9,14,17,26H,8H2,1-3H3,(H,27,28,30)/t9-,14-,17+,19+/m0/s1. The third-order valence-corrected chi connectivity index (χ3v) is 5.70. The summed E-state index contributed by atoms with van der Waals surface area (Å²) in [7, 11) is 1.04. The topological polar surface area (TPSA) is 89.0 Å². The van der Waals surface area contributed by atoms with Gasteiger partial charge < -0.3 is 20.2 Å². The highest BCUT2D eigenvalue weighted by atomic mass is 19.4. The molecule has 1 aromatic rings. The molecule has 0 bridgehead atoms. The summed E-state index contributed by atoms with van der Waals surface area (Å²) < 4.78 is 79.9. The molecule has 7 nitrogen and oxygen atoms in total.